The van der Waals surface area contributed by atoms with Gasteiger partial charge in [-0.05, 0) is 12.1 Å². The molecule has 0 aliphatic rings. The molecule has 0 fully saturated rings. The lowest BCUT2D eigenvalue weighted by Crippen LogP contribution is -2.03. The molecule has 0 saturated heterocycles. The van der Waals surface area contributed by atoms with Crippen LogP contribution in [0.4, 0.5) is 15.9 Å². The van der Waals surface area contributed by atoms with Crippen molar-refractivity contribution in [2.75, 3.05) is 5.73 Å². The summed E-state index contributed by atoms with van der Waals surface area (Å²) in [6.45, 7) is 0. The standard InChI is InChI=1S/C12H8FN3O5/c13-6-1-2-7(12(17)18)9(5-6)21-10-4-3-8(16(19)20)11(14)15-10/h1-5H,(H2,14,15)(H,17,18). The lowest BCUT2D eigenvalue weighted by molar-refractivity contribution is -0.384. The van der Waals surface area contributed by atoms with E-state index in [4.69, 9.17) is 15.6 Å². The molecule has 0 atom stereocenters. The second-order valence-corrected chi connectivity index (χ2v) is 3.86. The fourth-order valence-electron chi connectivity index (χ4n) is 1.53. The lowest BCUT2D eigenvalue weighted by atomic mass is 10.2. The number of benzene rings is 1. The van der Waals surface area contributed by atoms with Gasteiger partial charge >= 0.3 is 11.7 Å². The zero-order valence-corrected chi connectivity index (χ0v) is 10.3. The number of nitrogens with zero attached hydrogens (tertiary/aromatic N) is 2. The Bertz CT molecular complexity index is 735. The molecule has 8 nitrogen and oxygen atoms in total. The molecular formula is C12H8FN3O5. The first-order valence-corrected chi connectivity index (χ1v) is 5.50. The van der Waals surface area contributed by atoms with Crippen molar-refractivity contribution in [1.29, 1.82) is 0 Å². The van der Waals surface area contributed by atoms with Gasteiger partial charge in [-0.3, -0.25) is 10.1 Å². The van der Waals surface area contributed by atoms with Crippen molar-refractivity contribution < 1.29 is 24.0 Å². The predicted octanol–water partition coefficient (Wildman–Crippen LogP) is 2.20. The van der Waals surface area contributed by atoms with Crippen LogP contribution in [-0.4, -0.2) is 21.0 Å². The van der Waals surface area contributed by atoms with Gasteiger partial charge in [-0.25, -0.2) is 9.18 Å². The van der Waals surface area contributed by atoms with Gasteiger partial charge in [0.1, 0.15) is 17.1 Å². The van der Waals surface area contributed by atoms with E-state index in [1.165, 1.54) is 0 Å². The van der Waals surface area contributed by atoms with Crippen molar-refractivity contribution in [3.63, 3.8) is 0 Å². The number of pyridine rings is 1. The van der Waals surface area contributed by atoms with Crippen LogP contribution in [0.15, 0.2) is 30.3 Å². The highest BCUT2D eigenvalue weighted by Crippen LogP contribution is 2.28. The summed E-state index contributed by atoms with van der Waals surface area (Å²) >= 11 is 0. The number of nitrogen functional groups attached to an aromatic ring is 1. The molecule has 1 heterocycles. The van der Waals surface area contributed by atoms with Gasteiger partial charge in [-0.1, -0.05) is 0 Å². The fourth-order valence-corrected chi connectivity index (χ4v) is 1.53. The van der Waals surface area contributed by atoms with Crippen LogP contribution in [0.25, 0.3) is 0 Å². The molecule has 0 saturated carbocycles. The lowest BCUT2D eigenvalue weighted by Gasteiger charge is -2.08. The summed E-state index contributed by atoms with van der Waals surface area (Å²) in [5.74, 6) is -2.90. The van der Waals surface area contributed by atoms with Gasteiger partial charge in [0, 0.05) is 18.2 Å². The summed E-state index contributed by atoms with van der Waals surface area (Å²) in [6, 6.07) is 5.04. The number of aromatic nitrogens is 1. The average molecular weight is 293 g/mol. The summed E-state index contributed by atoms with van der Waals surface area (Å²) in [5.41, 5.74) is 4.68. The number of hydrogen-bond acceptors (Lipinski definition) is 6. The van der Waals surface area contributed by atoms with Gasteiger partial charge in [-0.2, -0.15) is 4.98 Å². The van der Waals surface area contributed by atoms with Crippen molar-refractivity contribution in [3.05, 3.63) is 51.8 Å². The third-order valence-electron chi connectivity index (χ3n) is 2.46. The van der Waals surface area contributed by atoms with E-state index in [2.05, 4.69) is 4.98 Å². The number of nitro groups is 1. The van der Waals surface area contributed by atoms with Crippen LogP contribution < -0.4 is 10.5 Å². The first-order valence-electron chi connectivity index (χ1n) is 5.50. The summed E-state index contributed by atoms with van der Waals surface area (Å²) in [5, 5.41) is 19.6. The molecule has 0 bridgehead atoms. The molecule has 1 aromatic heterocycles. The highest BCUT2D eigenvalue weighted by Gasteiger charge is 2.17. The van der Waals surface area contributed by atoms with Crippen molar-refractivity contribution in [3.8, 4) is 11.6 Å². The van der Waals surface area contributed by atoms with Crippen molar-refractivity contribution >= 4 is 17.5 Å². The van der Waals surface area contributed by atoms with Gasteiger partial charge in [0.05, 0.1) is 4.92 Å². The number of halogens is 1. The Labute approximate surface area is 116 Å². The Hall–Kier alpha value is -3.23. The Morgan fingerprint density at radius 1 is 1.38 bits per heavy atom. The fraction of sp³-hybridized carbons (Fsp3) is 0. The number of carbonyl (C=O) groups is 1. The second-order valence-electron chi connectivity index (χ2n) is 3.86. The molecule has 9 heteroatoms. The third kappa shape index (κ3) is 3.03. The van der Waals surface area contributed by atoms with E-state index in [0.29, 0.717) is 0 Å². The zero-order valence-electron chi connectivity index (χ0n) is 10.3. The van der Waals surface area contributed by atoms with Gasteiger partial charge < -0.3 is 15.6 Å². The monoisotopic (exact) mass is 293 g/mol. The molecule has 0 amide bonds. The number of aromatic carboxylic acids is 1. The van der Waals surface area contributed by atoms with E-state index in [0.717, 1.165) is 30.3 Å². The Balaban J connectivity index is 2.38. The largest absolute Gasteiger partial charge is 0.478 e. The van der Waals surface area contributed by atoms with E-state index < -0.39 is 28.2 Å². The third-order valence-corrected chi connectivity index (χ3v) is 2.46. The average Bonchev–Trinajstić information content (AvgIpc) is 2.37. The van der Waals surface area contributed by atoms with E-state index in [1.807, 2.05) is 0 Å². The normalized spacial score (nSPS) is 10.1. The topological polar surface area (TPSA) is 129 Å². The summed E-state index contributed by atoms with van der Waals surface area (Å²) < 4.78 is 18.3. The van der Waals surface area contributed by atoms with Crippen LogP contribution in [0.5, 0.6) is 11.6 Å². The van der Waals surface area contributed by atoms with Crippen LogP contribution in [0.1, 0.15) is 10.4 Å². The maximum Gasteiger partial charge on any atom is 0.339 e. The number of anilines is 1. The van der Waals surface area contributed by atoms with E-state index in [9.17, 15) is 19.3 Å². The van der Waals surface area contributed by atoms with Crippen LogP contribution in [0.3, 0.4) is 0 Å². The molecule has 0 unspecified atom stereocenters. The summed E-state index contributed by atoms with van der Waals surface area (Å²) in [6.07, 6.45) is 0. The van der Waals surface area contributed by atoms with Crippen LogP contribution in [-0.2, 0) is 0 Å². The molecule has 0 aliphatic carbocycles. The number of ether oxygens (including phenoxy) is 1. The van der Waals surface area contributed by atoms with Gasteiger partial charge in [0.25, 0.3) is 0 Å². The quantitative estimate of drug-likeness (QED) is 0.653. The molecule has 108 valence electrons. The maximum absolute atomic E-state index is 13.2. The van der Waals surface area contributed by atoms with E-state index in [1.54, 1.807) is 0 Å². The van der Waals surface area contributed by atoms with Crippen LogP contribution in [0.2, 0.25) is 0 Å². The highest BCUT2D eigenvalue weighted by molar-refractivity contribution is 5.90. The smallest absolute Gasteiger partial charge is 0.339 e. The molecule has 0 spiro atoms. The van der Waals surface area contributed by atoms with E-state index in [-0.39, 0.29) is 17.2 Å². The molecule has 2 aromatic rings. The van der Waals surface area contributed by atoms with Crippen LogP contribution >= 0.6 is 0 Å². The second kappa shape index (κ2) is 5.41. The molecule has 3 N–H and O–H groups in total. The molecular weight excluding hydrogens is 285 g/mol. The maximum atomic E-state index is 13.2. The molecule has 21 heavy (non-hydrogen) atoms. The predicted molar refractivity (Wildman–Crippen MR) is 68.7 cm³/mol. The summed E-state index contributed by atoms with van der Waals surface area (Å²) in [4.78, 5) is 24.5. The Morgan fingerprint density at radius 3 is 2.67 bits per heavy atom. The zero-order chi connectivity index (χ0) is 15.6. The molecule has 2 rings (SSSR count). The van der Waals surface area contributed by atoms with Crippen molar-refractivity contribution in [2.45, 2.75) is 0 Å². The number of hydrogen-bond donors (Lipinski definition) is 2. The number of carboxylic acids is 1. The van der Waals surface area contributed by atoms with Gasteiger partial charge in [0.2, 0.25) is 11.7 Å². The van der Waals surface area contributed by atoms with Crippen molar-refractivity contribution in [2.24, 2.45) is 0 Å². The molecule has 0 radical (unpaired) electrons. The highest BCUT2D eigenvalue weighted by atomic mass is 19.1. The first kappa shape index (κ1) is 14.2. The minimum absolute atomic E-state index is 0.189. The summed E-state index contributed by atoms with van der Waals surface area (Å²) in [7, 11) is 0. The van der Waals surface area contributed by atoms with Gasteiger partial charge in [-0.15, -0.1) is 0 Å². The first-order chi connectivity index (χ1) is 9.88. The Kier molecular flexibility index (Phi) is 3.65. The number of nitrogens with two attached hydrogens (primary N) is 1. The van der Waals surface area contributed by atoms with Crippen LogP contribution in [0, 0.1) is 15.9 Å². The molecule has 0 aliphatic heterocycles. The SMILES string of the molecule is Nc1nc(Oc2cc(F)ccc2C(=O)O)ccc1[N+](=O)[O-]. The van der Waals surface area contributed by atoms with E-state index >= 15 is 0 Å². The van der Waals surface area contributed by atoms with Crippen molar-refractivity contribution in [1.82, 2.24) is 4.98 Å². The minimum Gasteiger partial charge on any atom is -0.478 e. The van der Waals surface area contributed by atoms with Gasteiger partial charge in [0.15, 0.2) is 0 Å². The number of rotatable bonds is 4. The Morgan fingerprint density at radius 2 is 2.10 bits per heavy atom. The minimum atomic E-state index is -1.32. The number of carboxylic acid groups (broad SMARTS) is 1. The molecule has 1 aromatic carbocycles.